The molecule has 3 nitrogen and oxygen atoms in total. The highest BCUT2D eigenvalue weighted by Gasteiger charge is 2.09. The first-order chi connectivity index (χ1) is 10.8. The number of thiazole rings is 1. The van der Waals surface area contributed by atoms with Crippen LogP contribution in [0.3, 0.4) is 0 Å². The Balaban J connectivity index is 1.94. The molecule has 0 atom stereocenters. The summed E-state index contributed by atoms with van der Waals surface area (Å²) in [5, 5.41) is 12.7. The highest BCUT2D eigenvalue weighted by Crippen LogP contribution is 2.27. The minimum absolute atomic E-state index is 0.526. The predicted molar refractivity (Wildman–Crippen MR) is 90.3 cm³/mol. The van der Waals surface area contributed by atoms with E-state index in [9.17, 15) is 5.26 Å². The number of hydrogen-bond acceptors (Lipinski definition) is 4. The van der Waals surface area contributed by atoms with E-state index in [1.807, 2.05) is 41.8 Å². The quantitative estimate of drug-likeness (QED) is 0.642. The summed E-state index contributed by atoms with van der Waals surface area (Å²) < 4.78 is 0. The van der Waals surface area contributed by atoms with E-state index in [4.69, 9.17) is 11.6 Å². The highest BCUT2D eigenvalue weighted by atomic mass is 35.5. The molecule has 0 saturated carbocycles. The van der Waals surface area contributed by atoms with E-state index in [1.165, 1.54) is 11.3 Å². The van der Waals surface area contributed by atoms with E-state index in [-0.39, 0.29) is 0 Å². The lowest BCUT2D eigenvalue weighted by Gasteiger charge is -1.97. The average molecular weight is 324 g/mol. The summed E-state index contributed by atoms with van der Waals surface area (Å²) in [7, 11) is 0. The molecule has 0 spiro atoms. The van der Waals surface area contributed by atoms with Crippen LogP contribution in [-0.2, 0) is 0 Å². The number of nitriles is 1. The monoisotopic (exact) mass is 323 g/mol. The smallest absolute Gasteiger partial charge is 0.134 e. The Bertz CT molecular complexity index is 846. The zero-order chi connectivity index (χ0) is 15.4. The predicted octanol–water partition coefficient (Wildman–Crippen LogP) is 4.92. The second-order valence-electron chi connectivity index (χ2n) is 4.50. The minimum atomic E-state index is 0.526. The molecular formula is C17H10ClN3S. The lowest BCUT2D eigenvalue weighted by molar-refractivity contribution is 1.32. The largest absolute Gasteiger partial charge is 0.264 e. The molecule has 0 fully saturated rings. The molecule has 1 aromatic carbocycles. The van der Waals surface area contributed by atoms with Crippen molar-refractivity contribution in [2.75, 3.05) is 0 Å². The lowest BCUT2D eigenvalue weighted by Crippen LogP contribution is -1.83. The maximum Gasteiger partial charge on any atom is 0.134 e. The van der Waals surface area contributed by atoms with Crippen molar-refractivity contribution in [2.45, 2.75) is 0 Å². The van der Waals surface area contributed by atoms with Crippen LogP contribution in [0.2, 0.25) is 5.02 Å². The van der Waals surface area contributed by atoms with Crippen LogP contribution in [0.25, 0.3) is 22.9 Å². The van der Waals surface area contributed by atoms with Gasteiger partial charge in [0.05, 0.1) is 11.3 Å². The van der Waals surface area contributed by atoms with Crippen molar-refractivity contribution in [2.24, 2.45) is 0 Å². The number of rotatable bonds is 3. The van der Waals surface area contributed by atoms with Crippen molar-refractivity contribution in [3.63, 3.8) is 0 Å². The van der Waals surface area contributed by atoms with E-state index in [0.717, 1.165) is 16.8 Å². The maximum absolute atomic E-state index is 9.37. The normalized spacial score (nSPS) is 11.2. The zero-order valence-electron chi connectivity index (χ0n) is 11.4. The third kappa shape index (κ3) is 3.22. The molecule has 0 saturated heterocycles. The third-order valence-electron chi connectivity index (χ3n) is 2.99. The van der Waals surface area contributed by atoms with Gasteiger partial charge in [0.1, 0.15) is 11.1 Å². The molecule has 22 heavy (non-hydrogen) atoms. The van der Waals surface area contributed by atoms with Crippen LogP contribution >= 0.6 is 22.9 Å². The van der Waals surface area contributed by atoms with Crippen molar-refractivity contribution in [1.82, 2.24) is 9.97 Å². The second-order valence-corrected chi connectivity index (χ2v) is 5.80. The molecule has 106 valence electrons. The summed E-state index contributed by atoms with van der Waals surface area (Å²) >= 11 is 7.34. The third-order valence-corrected chi connectivity index (χ3v) is 4.12. The molecule has 0 aliphatic carbocycles. The van der Waals surface area contributed by atoms with Crippen LogP contribution in [0.4, 0.5) is 0 Å². The lowest BCUT2D eigenvalue weighted by atomic mass is 10.1. The fraction of sp³-hybridized carbons (Fsp3) is 0. The van der Waals surface area contributed by atoms with Crippen LogP contribution < -0.4 is 0 Å². The fourth-order valence-electron chi connectivity index (χ4n) is 1.92. The van der Waals surface area contributed by atoms with Crippen LogP contribution in [0.15, 0.2) is 54.2 Å². The second kappa shape index (κ2) is 6.52. The van der Waals surface area contributed by atoms with Crippen LogP contribution in [0, 0.1) is 11.3 Å². The molecule has 3 rings (SSSR count). The van der Waals surface area contributed by atoms with Crippen molar-refractivity contribution in [3.05, 3.63) is 69.8 Å². The molecule has 0 aliphatic heterocycles. The van der Waals surface area contributed by atoms with Gasteiger partial charge in [-0.05, 0) is 29.8 Å². The molecule has 0 unspecified atom stereocenters. The van der Waals surface area contributed by atoms with Crippen LogP contribution in [-0.4, -0.2) is 9.97 Å². The first kappa shape index (κ1) is 14.5. The Labute approximate surface area is 137 Å². The van der Waals surface area contributed by atoms with E-state index in [2.05, 4.69) is 16.0 Å². The molecule has 0 radical (unpaired) electrons. The van der Waals surface area contributed by atoms with Gasteiger partial charge in [0, 0.05) is 28.4 Å². The number of allylic oxidation sites excluding steroid dienone is 1. The molecular weight excluding hydrogens is 314 g/mol. The van der Waals surface area contributed by atoms with Crippen molar-refractivity contribution < 1.29 is 0 Å². The van der Waals surface area contributed by atoms with Gasteiger partial charge in [0.2, 0.25) is 0 Å². The molecule has 5 heteroatoms. The molecule has 2 heterocycles. The van der Waals surface area contributed by atoms with Crippen molar-refractivity contribution >= 4 is 34.6 Å². The number of benzene rings is 1. The Kier molecular flexibility index (Phi) is 4.29. The molecule has 3 aromatic rings. The summed E-state index contributed by atoms with van der Waals surface area (Å²) in [5.41, 5.74) is 3.22. The Morgan fingerprint density at radius 3 is 2.73 bits per heavy atom. The number of pyridine rings is 1. The minimum Gasteiger partial charge on any atom is -0.264 e. The Hall–Kier alpha value is -2.48. The van der Waals surface area contributed by atoms with Crippen LogP contribution in [0.1, 0.15) is 10.6 Å². The Morgan fingerprint density at radius 1 is 1.23 bits per heavy atom. The summed E-state index contributed by atoms with van der Waals surface area (Å²) in [6.07, 6.45) is 5.20. The van der Waals surface area contributed by atoms with Gasteiger partial charge in [-0.15, -0.1) is 11.3 Å². The van der Waals surface area contributed by atoms with Gasteiger partial charge < -0.3 is 0 Å². The summed E-state index contributed by atoms with van der Waals surface area (Å²) in [5.74, 6) is 0. The average Bonchev–Trinajstić information content (AvgIpc) is 3.04. The first-order valence-electron chi connectivity index (χ1n) is 6.50. The van der Waals surface area contributed by atoms with Gasteiger partial charge in [-0.25, -0.2) is 4.98 Å². The SMILES string of the molecule is N#CC(=Cc1cccnc1)c1nc(-c2ccc(Cl)cc2)cs1. The van der Waals surface area contributed by atoms with Gasteiger partial charge in [-0.1, -0.05) is 29.8 Å². The molecule has 2 aromatic heterocycles. The maximum atomic E-state index is 9.37. The van der Waals surface area contributed by atoms with Gasteiger partial charge in [0.15, 0.2) is 0 Å². The van der Waals surface area contributed by atoms with Gasteiger partial charge in [-0.2, -0.15) is 5.26 Å². The molecule has 0 bridgehead atoms. The number of halogens is 1. The fourth-order valence-corrected chi connectivity index (χ4v) is 2.84. The van der Waals surface area contributed by atoms with Crippen molar-refractivity contribution in [3.8, 4) is 17.3 Å². The summed E-state index contributed by atoms with van der Waals surface area (Å²) in [4.78, 5) is 8.58. The molecule has 0 N–H and O–H groups in total. The van der Waals surface area contributed by atoms with E-state index < -0.39 is 0 Å². The number of hydrogen-bond donors (Lipinski definition) is 0. The Morgan fingerprint density at radius 2 is 2.05 bits per heavy atom. The molecule has 0 aliphatic rings. The van der Waals surface area contributed by atoms with Crippen molar-refractivity contribution in [1.29, 1.82) is 5.26 Å². The summed E-state index contributed by atoms with van der Waals surface area (Å²) in [6, 6.07) is 13.4. The number of aromatic nitrogens is 2. The standard InChI is InChI=1S/C17H10ClN3S/c18-15-5-3-13(4-6-15)16-11-22-17(21-16)14(9-19)8-12-2-1-7-20-10-12/h1-8,10-11H. The highest BCUT2D eigenvalue weighted by molar-refractivity contribution is 7.11. The van der Waals surface area contributed by atoms with Gasteiger partial charge in [-0.3, -0.25) is 4.98 Å². The van der Waals surface area contributed by atoms with Gasteiger partial charge in [0.25, 0.3) is 0 Å². The summed E-state index contributed by atoms with van der Waals surface area (Å²) in [6.45, 7) is 0. The van der Waals surface area contributed by atoms with E-state index in [0.29, 0.717) is 15.6 Å². The molecule has 0 amide bonds. The number of nitrogens with zero attached hydrogens (tertiary/aromatic N) is 3. The first-order valence-corrected chi connectivity index (χ1v) is 7.76. The van der Waals surface area contributed by atoms with E-state index >= 15 is 0 Å². The van der Waals surface area contributed by atoms with E-state index in [1.54, 1.807) is 18.5 Å². The van der Waals surface area contributed by atoms with Crippen LogP contribution in [0.5, 0.6) is 0 Å². The topological polar surface area (TPSA) is 49.6 Å². The van der Waals surface area contributed by atoms with Gasteiger partial charge >= 0.3 is 0 Å². The zero-order valence-corrected chi connectivity index (χ0v) is 13.0.